The summed E-state index contributed by atoms with van der Waals surface area (Å²) >= 11 is 0. The number of para-hydroxylation sites is 1. The fourth-order valence-electron chi connectivity index (χ4n) is 3.32. The molecule has 0 fully saturated rings. The van der Waals surface area contributed by atoms with Crippen LogP contribution in [-0.2, 0) is 248 Å². The molecule has 7 aromatic rings. The van der Waals surface area contributed by atoms with Crippen LogP contribution in [-0.4, -0.2) is 230 Å². The van der Waals surface area contributed by atoms with Gasteiger partial charge in [0, 0.05) is 265 Å². The first-order valence-electron chi connectivity index (χ1n) is 15.8. The van der Waals surface area contributed by atoms with E-state index in [2.05, 4.69) is 34.4 Å². The topological polar surface area (TPSA) is 1450 Å². The molecule has 60 heteroatoms. The number of quaternary nitrogens is 6. The molecule has 100 N–H and O–H groups in total. The Morgan fingerprint density at radius 3 is 0.225 bits per heavy atom. The molecule has 0 amide bonds. The summed E-state index contributed by atoms with van der Waals surface area (Å²) in [5, 5.41) is 0. The SMILES string of the molecule is Nc1ccccc1.O.O.O.O.O.O.O.O.O.O.O.O.O.O.O.O.O.O.O.O.O.O.O.O.O.O.O.O.O.O.O.O.O.O.O.O.O.O.O.O.[Co].[NH3+]c1ccccc1.[NH3+]c1ccccc1.[NH3+]c1ccccc1.[NH3+]c1ccccc1.[NH3+]c1ccccc1.[NH3+]c1ccccc1.[Si].[W].[W].[W].[W].[W].[W].[W].[W].[W].[W].[W]. The Bertz CT molecular complexity index is 1460. The Morgan fingerprint density at radius 2 is 0.196 bits per heavy atom. The van der Waals surface area contributed by atoms with Gasteiger partial charge in [0.05, 0.1) is 0 Å². The molecule has 7 aromatic carbocycles. The quantitative estimate of drug-likeness (QED) is 0.0565. The molecule has 47 nitrogen and oxygen atoms in total. The minimum Gasteiger partial charge on any atom is -0.412 e. The van der Waals surface area contributed by atoms with Gasteiger partial charge in [-0.15, -0.1) is 0 Å². The average Bonchev–Trinajstić information content (AvgIpc) is 3.12. The van der Waals surface area contributed by atoms with Crippen LogP contribution in [0.4, 0.5) is 39.8 Å². The molecule has 5 radical (unpaired) electrons. The molecule has 0 bridgehead atoms. The molecule has 0 heterocycles. The maximum Gasteiger partial charge on any atom is 0.127 e. The van der Waals surface area contributed by atoms with Gasteiger partial charge in [-0.1, -0.05) is 127 Å². The van der Waals surface area contributed by atoms with Crippen molar-refractivity contribution in [2.75, 3.05) is 5.73 Å². The van der Waals surface area contributed by atoms with Crippen molar-refractivity contribution >= 4 is 50.8 Å². The smallest absolute Gasteiger partial charge is 0.127 e. The van der Waals surface area contributed by atoms with Crippen LogP contribution in [0.25, 0.3) is 0 Å². The first-order chi connectivity index (χ1) is 23.8. The minimum atomic E-state index is 0. The number of hydrogen-bond acceptors (Lipinski definition) is 1. The van der Waals surface area contributed by atoms with Crippen molar-refractivity contribution in [3.8, 4) is 0 Å². The van der Waals surface area contributed by atoms with Crippen LogP contribution in [0.1, 0.15) is 0 Å². The van der Waals surface area contributed by atoms with Gasteiger partial charge in [0.15, 0.2) is 0 Å². The van der Waals surface area contributed by atoms with Crippen molar-refractivity contribution in [3.05, 3.63) is 212 Å². The molecule has 0 atom stereocenters. The van der Waals surface area contributed by atoms with Gasteiger partial charge in [0.1, 0.15) is 34.1 Å². The van der Waals surface area contributed by atoms with Crippen LogP contribution >= 0.6 is 0 Å². The third kappa shape index (κ3) is 311. The summed E-state index contributed by atoms with van der Waals surface area (Å²) in [7, 11) is 0. The zero-order valence-electron chi connectivity index (χ0n) is 53.9. The second-order valence-corrected chi connectivity index (χ2v) is 10.3. The van der Waals surface area contributed by atoms with Gasteiger partial charge in [-0.25, -0.2) is 0 Å². The van der Waals surface area contributed by atoms with E-state index in [0.29, 0.717) is 0 Å². The van der Waals surface area contributed by atoms with Crippen LogP contribution in [0, 0.1) is 0 Å². The molecular formula is C42H135CoN7O40SiW11+6. The van der Waals surface area contributed by atoms with Gasteiger partial charge in [-0.3, -0.25) is 0 Å². The van der Waals surface area contributed by atoms with Crippen LogP contribution in [0.3, 0.4) is 0 Å². The molecule has 0 saturated heterocycles. The number of rotatable bonds is 0. The van der Waals surface area contributed by atoms with Gasteiger partial charge >= 0.3 is 0 Å². The second-order valence-electron chi connectivity index (χ2n) is 10.3. The summed E-state index contributed by atoms with van der Waals surface area (Å²) < 4.78 is 0. The third-order valence-corrected chi connectivity index (χ3v) is 5.86. The number of nitrogens with two attached hydrogens (primary N) is 1. The fourth-order valence-corrected chi connectivity index (χ4v) is 3.32. The van der Waals surface area contributed by atoms with E-state index >= 15 is 0 Å². The molecular weight excluding hydrogens is 3350 g/mol. The molecule has 0 aliphatic heterocycles. The van der Waals surface area contributed by atoms with E-state index in [-0.39, 0.29) is 479 Å². The van der Waals surface area contributed by atoms with E-state index in [1.54, 1.807) is 0 Å². The molecule has 0 aliphatic rings. The largest absolute Gasteiger partial charge is 0.412 e. The normalized spacial score (nSPS) is 4.18. The van der Waals surface area contributed by atoms with Gasteiger partial charge in [0.25, 0.3) is 0 Å². The van der Waals surface area contributed by atoms with E-state index in [1.807, 2.05) is 212 Å². The van der Waals surface area contributed by atoms with Crippen LogP contribution < -0.4 is 40.1 Å². The van der Waals surface area contributed by atoms with Gasteiger partial charge in [-0.05, 0) is 84.9 Å². The standard InChI is InChI=1S/7C6H7N.Co.40H2O.Si.11W/c7*7-6-4-2-1-3-5-6;;;;;;;;;;;;;;;;;;;;;;;;;;;;;;;;;;;;;;;;;;;;;;;;;;;;;/h7*1-5H,7H2;;40*1H2;;;;;;;;;;;;/p+6. The molecule has 102 heavy (non-hydrogen) atoms. The summed E-state index contributed by atoms with van der Waals surface area (Å²) in [5.74, 6) is 0. The summed E-state index contributed by atoms with van der Waals surface area (Å²) in [4.78, 5) is 0. The maximum atomic E-state index is 5.36. The molecule has 0 aromatic heterocycles. The van der Waals surface area contributed by atoms with Crippen LogP contribution in [0.15, 0.2) is 212 Å². The minimum absolute atomic E-state index is 0. The number of nitrogen functional groups attached to an aromatic ring is 1. The molecule has 651 valence electrons. The van der Waals surface area contributed by atoms with Gasteiger partial charge in [0.2, 0.25) is 0 Å². The Balaban J connectivity index is -0.00000000496. The Morgan fingerprint density at radius 1 is 0.137 bits per heavy atom. The summed E-state index contributed by atoms with van der Waals surface area (Å²) in [5.41, 5.74) is 34.9. The predicted octanol–water partition coefficient (Wildman–Crippen LogP) is -28.8. The maximum absolute atomic E-state index is 5.36. The molecule has 0 saturated carbocycles. The second kappa shape index (κ2) is 321. The van der Waals surface area contributed by atoms with Gasteiger partial charge in [-0.2, -0.15) is 0 Å². The zero-order valence-corrected chi connectivity index (χ0v) is 88.2. The Kier molecular flexibility index (Phi) is 1350. The van der Waals surface area contributed by atoms with E-state index in [9.17, 15) is 0 Å². The fraction of sp³-hybridized carbons (Fsp3) is 0. The Hall–Kier alpha value is 0.795. The first-order valence-corrected chi connectivity index (χ1v) is 15.8. The summed E-state index contributed by atoms with van der Waals surface area (Å²) in [6.45, 7) is 0. The van der Waals surface area contributed by atoms with Crippen molar-refractivity contribution in [1.82, 2.24) is 0 Å². The number of anilines is 1. The van der Waals surface area contributed by atoms with Crippen molar-refractivity contribution < 1.29 is 502 Å². The molecule has 7 rings (SSSR count). The monoisotopic (exact) mass is 3490 g/mol. The van der Waals surface area contributed by atoms with Crippen molar-refractivity contribution in [3.63, 3.8) is 0 Å². The van der Waals surface area contributed by atoms with E-state index in [4.69, 9.17) is 5.73 Å². The predicted molar refractivity (Wildman–Crippen MR) is 355 cm³/mol. The van der Waals surface area contributed by atoms with Crippen molar-refractivity contribution in [1.29, 1.82) is 0 Å². The summed E-state index contributed by atoms with van der Waals surface area (Å²) in [6.07, 6.45) is 0. The van der Waals surface area contributed by atoms with Crippen molar-refractivity contribution in [2.24, 2.45) is 0 Å². The zero-order chi connectivity index (χ0) is 35.8. The summed E-state index contributed by atoms with van der Waals surface area (Å²) in [6, 6.07) is 68.7. The third-order valence-electron chi connectivity index (χ3n) is 5.86. The van der Waals surface area contributed by atoms with E-state index in [1.165, 1.54) is 0 Å². The average molecular weight is 3490 g/mol. The van der Waals surface area contributed by atoms with Crippen molar-refractivity contribution in [2.45, 2.75) is 0 Å². The molecule has 0 unspecified atom stereocenters. The van der Waals surface area contributed by atoms with Crippen LogP contribution in [0.2, 0.25) is 0 Å². The first kappa shape index (κ1) is 430. The van der Waals surface area contributed by atoms with Crippen LogP contribution in [0.5, 0.6) is 0 Å². The van der Waals surface area contributed by atoms with E-state index < -0.39 is 0 Å². The Labute approximate surface area is 762 Å². The van der Waals surface area contributed by atoms with Gasteiger partial charge < -0.3 is 259 Å². The number of benzene rings is 7. The van der Waals surface area contributed by atoms with E-state index in [0.717, 1.165) is 39.8 Å². The molecule has 0 aliphatic carbocycles. The molecule has 0 spiro atoms. The number of hydrogen-bond donors (Lipinski definition) is 7.